The van der Waals surface area contributed by atoms with Crippen LogP contribution in [0.4, 0.5) is 0 Å². The van der Waals surface area contributed by atoms with Gasteiger partial charge in [0.05, 0.1) is 0 Å². The van der Waals surface area contributed by atoms with Gasteiger partial charge in [-0.3, -0.25) is 14.8 Å². The molecule has 5 rings (SSSR count). The average molecular weight is 376 g/mol. The fourth-order valence-corrected chi connectivity index (χ4v) is 6.14. The van der Waals surface area contributed by atoms with Crippen molar-refractivity contribution >= 4 is 0 Å². The van der Waals surface area contributed by atoms with Crippen LogP contribution in [0.3, 0.4) is 0 Å². The minimum atomic E-state index is 0.478. The molecule has 28 heavy (non-hydrogen) atoms. The van der Waals surface area contributed by atoms with Gasteiger partial charge in [0.15, 0.2) is 0 Å². The molecule has 2 atom stereocenters. The first-order chi connectivity index (χ1) is 13.8. The van der Waals surface area contributed by atoms with Crippen LogP contribution in [0.15, 0.2) is 54.9 Å². The van der Waals surface area contributed by atoms with E-state index in [4.69, 9.17) is 0 Å². The highest BCUT2D eigenvalue weighted by atomic mass is 15.3. The topological polar surface area (TPSA) is 19.4 Å². The summed E-state index contributed by atoms with van der Waals surface area (Å²) < 4.78 is 0. The Labute approximate surface area is 169 Å². The van der Waals surface area contributed by atoms with Crippen molar-refractivity contribution in [3.05, 3.63) is 66.0 Å². The first-order valence-corrected chi connectivity index (χ1v) is 11.2. The SMILES string of the molecule is c1ccc(CCC23CN(Cc4ccncc4)CC2CN(C2CCCC2)C3)cc1. The summed E-state index contributed by atoms with van der Waals surface area (Å²) in [4.78, 5) is 9.78. The number of fused-ring (bicyclic) bond motifs is 1. The Kier molecular flexibility index (Phi) is 5.21. The third kappa shape index (κ3) is 3.75. The van der Waals surface area contributed by atoms with Gasteiger partial charge in [0.1, 0.15) is 0 Å². The molecule has 3 aliphatic rings. The lowest BCUT2D eigenvalue weighted by atomic mass is 9.76. The van der Waals surface area contributed by atoms with E-state index >= 15 is 0 Å². The third-order valence-corrected chi connectivity index (χ3v) is 7.61. The maximum atomic E-state index is 4.18. The Morgan fingerprint density at radius 2 is 1.68 bits per heavy atom. The van der Waals surface area contributed by atoms with Gasteiger partial charge in [-0.15, -0.1) is 0 Å². The van der Waals surface area contributed by atoms with Gasteiger partial charge in [-0.05, 0) is 54.9 Å². The second kappa shape index (κ2) is 7.96. The molecule has 0 bridgehead atoms. The summed E-state index contributed by atoms with van der Waals surface area (Å²) >= 11 is 0. The van der Waals surface area contributed by atoms with Crippen molar-refractivity contribution in [2.24, 2.45) is 11.3 Å². The van der Waals surface area contributed by atoms with Crippen LogP contribution >= 0.6 is 0 Å². The Morgan fingerprint density at radius 1 is 0.893 bits per heavy atom. The van der Waals surface area contributed by atoms with Gasteiger partial charge in [-0.1, -0.05) is 43.2 Å². The highest BCUT2D eigenvalue weighted by Crippen LogP contribution is 2.47. The lowest BCUT2D eigenvalue weighted by molar-refractivity contribution is 0.168. The molecular formula is C25H33N3. The summed E-state index contributed by atoms with van der Waals surface area (Å²) in [6.07, 6.45) is 12.2. The Morgan fingerprint density at radius 3 is 2.46 bits per heavy atom. The standard InChI is InChI=1S/C25H33N3/c1-2-6-21(7-3-1)10-13-25-19-27(16-22-11-14-26-15-12-22)17-23(25)18-28(20-25)24-8-4-5-9-24/h1-3,6-7,11-12,14-15,23-24H,4-5,8-10,13,16-20H2. The quantitative estimate of drug-likeness (QED) is 0.746. The molecule has 3 nitrogen and oxygen atoms in total. The lowest BCUT2D eigenvalue weighted by Gasteiger charge is -2.32. The maximum Gasteiger partial charge on any atom is 0.0271 e. The lowest BCUT2D eigenvalue weighted by Crippen LogP contribution is -2.38. The van der Waals surface area contributed by atoms with Gasteiger partial charge < -0.3 is 0 Å². The molecule has 148 valence electrons. The smallest absolute Gasteiger partial charge is 0.0271 e. The predicted octanol–water partition coefficient (Wildman–Crippen LogP) is 4.39. The molecule has 2 aromatic rings. The molecule has 1 aromatic heterocycles. The van der Waals surface area contributed by atoms with Crippen molar-refractivity contribution in [1.29, 1.82) is 0 Å². The molecule has 3 heteroatoms. The Bertz CT molecular complexity index is 756. The van der Waals surface area contributed by atoms with Crippen molar-refractivity contribution in [2.45, 2.75) is 51.1 Å². The number of nitrogens with zero attached hydrogens (tertiary/aromatic N) is 3. The molecule has 1 aliphatic carbocycles. The minimum absolute atomic E-state index is 0.478. The molecule has 0 spiro atoms. The molecule has 0 N–H and O–H groups in total. The zero-order valence-corrected chi connectivity index (χ0v) is 17.0. The van der Waals surface area contributed by atoms with Gasteiger partial charge in [0, 0.05) is 56.6 Å². The summed E-state index contributed by atoms with van der Waals surface area (Å²) in [5.41, 5.74) is 3.38. The number of rotatable bonds is 6. The zero-order valence-electron chi connectivity index (χ0n) is 17.0. The van der Waals surface area contributed by atoms with E-state index in [2.05, 4.69) is 57.2 Å². The maximum absolute atomic E-state index is 4.18. The van der Waals surface area contributed by atoms with E-state index in [1.54, 1.807) is 0 Å². The number of hydrogen-bond donors (Lipinski definition) is 0. The van der Waals surface area contributed by atoms with E-state index in [1.165, 1.54) is 75.8 Å². The van der Waals surface area contributed by atoms with Crippen LogP contribution in [-0.2, 0) is 13.0 Å². The van der Waals surface area contributed by atoms with Crippen LogP contribution in [0.25, 0.3) is 0 Å². The van der Waals surface area contributed by atoms with Crippen molar-refractivity contribution in [1.82, 2.24) is 14.8 Å². The van der Waals surface area contributed by atoms with Gasteiger partial charge in [0.2, 0.25) is 0 Å². The Balaban J connectivity index is 1.31. The molecule has 2 unspecified atom stereocenters. The van der Waals surface area contributed by atoms with Gasteiger partial charge >= 0.3 is 0 Å². The summed E-state index contributed by atoms with van der Waals surface area (Å²) in [5, 5.41) is 0. The zero-order chi connectivity index (χ0) is 18.8. The number of hydrogen-bond acceptors (Lipinski definition) is 3. The number of benzene rings is 1. The largest absolute Gasteiger partial charge is 0.299 e. The molecule has 1 aromatic carbocycles. The molecule has 3 fully saturated rings. The summed E-state index contributed by atoms with van der Waals surface area (Å²) in [6.45, 7) is 6.25. The molecule has 1 saturated carbocycles. The van der Waals surface area contributed by atoms with Gasteiger partial charge in [0.25, 0.3) is 0 Å². The van der Waals surface area contributed by atoms with Gasteiger partial charge in [-0.2, -0.15) is 0 Å². The first-order valence-electron chi connectivity index (χ1n) is 11.2. The molecule has 0 radical (unpaired) electrons. The summed E-state index contributed by atoms with van der Waals surface area (Å²) in [6, 6.07) is 16.3. The van der Waals surface area contributed by atoms with Crippen LogP contribution in [0, 0.1) is 11.3 Å². The van der Waals surface area contributed by atoms with Crippen LogP contribution in [0.2, 0.25) is 0 Å². The normalized spacial score (nSPS) is 28.8. The highest BCUT2D eigenvalue weighted by molar-refractivity contribution is 5.17. The predicted molar refractivity (Wildman–Crippen MR) is 114 cm³/mol. The van der Waals surface area contributed by atoms with Crippen LogP contribution in [0.1, 0.15) is 43.2 Å². The summed E-state index contributed by atoms with van der Waals surface area (Å²) in [7, 11) is 0. The van der Waals surface area contributed by atoms with Crippen molar-refractivity contribution in [2.75, 3.05) is 26.2 Å². The second-order valence-corrected chi connectivity index (χ2v) is 9.44. The van der Waals surface area contributed by atoms with Crippen molar-refractivity contribution < 1.29 is 0 Å². The third-order valence-electron chi connectivity index (χ3n) is 7.61. The van der Waals surface area contributed by atoms with Crippen molar-refractivity contribution in [3.63, 3.8) is 0 Å². The van der Waals surface area contributed by atoms with E-state index in [9.17, 15) is 0 Å². The van der Waals surface area contributed by atoms with Crippen LogP contribution in [-0.4, -0.2) is 47.0 Å². The Hall–Kier alpha value is -1.71. The van der Waals surface area contributed by atoms with E-state index < -0.39 is 0 Å². The van der Waals surface area contributed by atoms with Gasteiger partial charge in [-0.25, -0.2) is 0 Å². The number of pyridine rings is 1. The van der Waals surface area contributed by atoms with E-state index in [-0.39, 0.29) is 0 Å². The van der Waals surface area contributed by atoms with Crippen LogP contribution in [0.5, 0.6) is 0 Å². The van der Waals surface area contributed by atoms with E-state index in [0.29, 0.717) is 5.41 Å². The monoisotopic (exact) mass is 375 g/mol. The second-order valence-electron chi connectivity index (χ2n) is 9.44. The molecule has 3 heterocycles. The highest BCUT2D eigenvalue weighted by Gasteiger charge is 2.52. The molecule has 0 amide bonds. The fourth-order valence-electron chi connectivity index (χ4n) is 6.14. The number of aromatic nitrogens is 1. The van der Waals surface area contributed by atoms with E-state index in [1.807, 2.05) is 12.4 Å². The molecule has 2 aliphatic heterocycles. The van der Waals surface area contributed by atoms with Crippen molar-refractivity contribution in [3.8, 4) is 0 Å². The molecule has 2 saturated heterocycles. The molecular weight excluding hydrogens is 342 g/mol. The minimum Gasteiger partial charge on any atom is -0.299 e. The first kappa shape index (κ1) is 18.3. The van der Waals surface area contributed by atoms with E-state index in [0.717, 1.165) is 18.5 Å². The fraction of sp³-hybridized carbons (Fsp3) is 0.560. The summed E-state index contributed by atoms with van der Waals surface area (Å²) in [5.74, 6) is 0.832. The number of likely N-dealkylation sites (tertiary alicyclic amines) is 2. The average Bonchev–Trinajstić information content (AvgIpc) is 3.43. The number of aryl methyl sites for hydroxylation is 1. The van der Waals surface area contributed by atoms with Crippen LogP contribution < -0.4 is 0 Å².